The van der Waals surface area contributed by atoms with Crippen molar-refractivity contribution in [1.82, 2.24) is 9.62 Å². The van der Waals surface area contributed by atoms with Crippen molar-refractivity contribution in [2.24, 2.45) is 0 Å². The molecule has 1 N–H and O–H groups in total. The molecule has 0 bridgehead atoms. The lowest BCUT2D eigenvalue weighted by Crippen LogP contribution is -2.45. The third-order valence-electron chi connectivity index (χ3n) is 5.75. The summed E-state index contributed by atoms with van der Waals surface area (Å²) < 4.78 is 26.7. The van der Waals surface area contributed by atoms with Crippen LogP contribution in [0.25, 0.3) is 0 Å². The first-order valence-corrected chi connectivity index (χ1v) is 12.0. The van der Waals surface area contributed by atoms with Gasteiger partial charge in [-0.05, 0) is 49.6 Å². The Hall–Kier alpha value is -2.22. The topological polar surface area (TPSA) is 69.7 Å². The number of carbonyl (C=O) groups is 1. The molecule has 7 heteroatoms. The van der Waals surface area contributed by atoms with E-state index in [1.54, 1.807) is 12.1 Å². The SMILES string of the molecule is CCN(CC)S(=O)(=O)c1ccc([C@@H](C)N[C@@H](C)C(=O)N2CCc3ccccc32)cc1. The van der Waals surface area contributed by atoms with Crippen molar-refractivity contribution in [2.45, 2.75) is 51.1 Å². The van der Waals surface area contributed by atoms with E-state index in [9.17, 15) is 13.2 Å². The molecule has 3 rings (SSSR count). The summed E-state index contributed by atoms with van der Waals surface area (Å²) in [5.74, 6) is 0.0486. The maximum atomic E-state index is 13.0. The van der Waals surface area contributed by atoms with Gasteiger partial charge in [-0.3, -0.25) is 10.1 Å². The summed E-state index contributed by atoms with van der Waals surface area (Å²) >= 11 is 0. The van der Waals surface area contributed by atoms with Gasteiger partial charge in [0.15, 0.2) is 0 Å². The van der Waals surface area contributed by atoms with E-state index in [0.29, 0.717) is 24.5 Å². The van der Waals surface area contributed by atoms with Gasteiger partial charge in [0, 0.05) is 31.4 Å². The summed E-state index contributed by atoms with van der Waals surface area (Å²) in [5.41, 5.74) is 3.14. The fourth-order valence-corrected chi connectivity index (χ4v) is 5.44. The number of benzene rings is 2. The number of anilines is 1. The van der Waals surface area contributed by atoms with E-state index in [4.69, 9.17) is 0 Å². The smallest absolute Gasteiger partial charge is 0.243 e. The number of para-hydroxylation sites is 1. The highest BCUT2D eigenvalue weighted by Crippen LogP contribution is 2.28. The van der Waals surface area contributed by atoms with E-state index in [0.717, 1.165) is 17.7 Å². The number of sulfonamides is 1. The Balaban J connectivity index is 1.67. The Kier molecular flexibility index (Phi) is 6.95. The third kappa shape index (κ3) is 4.43. The fraction of sp³-hybridized carbons (Fsp3) is 0.435. The number of nitrogens with one attached hydrogen (secondary N) is 1. The van der Waals surface area contributed by atoms with Gasteiger partial charge in [-0.2, -0.15) is 4.31 Å². The number of carbonyl (C=O) groups excluding carboxylic acids is 1. The molecule has 0 spiro atoms. The molecule has 0 fully saturated rings. The highest BCUT2D eigenvalue weighted by molar-refractivity contribution is 7.89. The van der Waals surface area contributed by atoms with E-state index in [1.165, 1.54) is 9.87 Å². The highest BCUT2D eigenvalue weighted by atomic mass is 32.2. The van der Waals surface area contributed by atoms with Crippen LogP contribution in [0.2, 0.25) is 0 Å². The molecule has 1 amide bonds. The van der Waals surface area contributed by atoms with Crippen molar-refractivity contribution in [3.8, 4) is 0 Å². The molecule has 1 heterocycles. The van der Waals surface area contributed by atoms with Crippen LogP contribution in [0.3, 0.4) is 0 Å². The molecule has 30 heavy (non-hydrogen) atoms. The van der Waals surface area contributed by atoms with Crippen molar-refractivity contribution < 1.29 is 13.2 Å². The molecule has 0 unspecified atom stereocenters. The molecule has 2 atom stereocenters. The molecule has 1 aliphatic heterocycles. The Morgan fingerprint density at radius 3 is 2.33 bits per heavy atom. The van der Waals surface area contributed by atoms with E-state index in [2.05, 4.69) is 11.4 Å². The first-order valence-electron chi connectivity index (χ1n) is 10.5. The molecule has 0 aromatic heterocycles. The molecule has 2 aromatic carbocycles. The van der Waals surface area contributed by atoms with Crippen molar-refractivity contribution in [2.75, 3.05) is 24.5 Å². The van der Waals surface area contributed by atoms with E-state index >= 15 is 0 Å². The van der Waals surface area contributed by atoms with Gasteiger partial charge >= 0.3 is 0 Å². The molecule has 162 valence electrons. The van der Waals surface area contributed by atoms with Gasteiger partial charge in [-0.15, -0.1) is 0 Å². The zero-order valence-corrected chi connectivity index (χ0v) is 18.9. The van der Waals surface area contributed by atoms with Crippen LogP contribution >= 0.6 is 0 Å². The molecule has 0 aliphatic carbocycles. The summed E-state index contributed by atoms with van der Waals surface area (Å²) in [6.45, 7) is 9.11. The predicted molar refractivity (Wildman–Crippen MR) is 120 cm³/mol. The summed E-state index contributed by atoms with van der Waals surface area (Å²) in [7, 11) is -3.47. The van der Waals surface area contributed by atoms with Crippen molar-refractivity contribution in [3.63, 3.8) is 0 Å². The van der Waals surface area contributed by atoms with Crippen LogP contribution in [0, 0.1) is 0 Å². The van der Waals surface area contributed by atoms with Gasteiger partial charge in [0.2, 0.25) is 15.9 Å². The molecule has 0 radical (unpaired) electrons. The lowest BCUT2D eigenvalue weighted by atomic mass is 10.1. The second kappa shape index (κ2) is 9.29. The van der Waals surface area contributed by atoms with Crippen LogP contribution in [-0.2, 0) is 21.2 Å². The number of amides is 1. The lowest BCUT2D eigenvalue weighted by molar-refractivity contribution is -0.120. The molecule has 1 aliphatic rings. The zero-order valence-electron chi connectivity index (χ0n) is 18.1. The van der Waals surface area contributed by atoms with Crippen LogP contribution in [0.1, 0.15) is 44.9 Å². The second-order valence-electron chi connectivity index (χ2n) is 7.64. The van der Waals surface area contributed by atoms with Crippen LogP contribution in [0.4, 0.5) is 5.69 Å². The second-order valence-corrected chi connectivity index (χ2v) is 9.57. The number of hydrogen-bond acceptors (Lipinski definition) is 4. The quantitative estimate of drug-likeness (QED) is 0.699. The van der Waals surface area contributed by atoms with Crippen LogP contribution in [-0.4, -0.2) is 44.3 Å². The Morgan fingerprint density at radius 2 is 1.70 bits per heavy atom. The van der Waals surface area contributed by atoms with Gasteiger partial charge in [0.05, 0.1) is 10.9 Å². The number of fused-ring (bicyclic) bond motifs is 1. The van der Waals surface area contributed by atoms with Crippen LogP contribution in [0.5, 0.6) is 0 Å². The van der Waals surface area contributed by atoms with Crippen molar-refractivity contribution in [1.29, 1.82) is 0 Å². The standard InChI is InChI=1S/C23H31N3O3S/c1-5-25(6-2)30(28,29)21-13-11-19(12-14-21)17(3)24-18(4)23(27)26-16-15-20-9-7-8-10-22(20)26/h7-14,17-18,24H,5-6,15-16H2,1-4H3/t17-,18+/m1/s1. The Bertz CT molecular complexity index is 985. The maximum Gasteiger partial charge on any atom is 0.243 e. The minimum Gasteiger partial charge on any atom is -0.310 e. The summed E-state index contributed by atoms with van der Waals surface area (Å²) in [4.78, 5) is 15.1. The largest absolute Gasteiger partial charge is 0.310 e. The van der Waals surface area contributed by atoms with E-state index < -0.39 is 10.0 Å². The molecule has 0 saturated heterocycles. The lowest BCUT2D eigenvalue weighted by Gasteiger charge is -2.25. The zero-order chi connectivity index (χ0) is 21.9. The maximum absolute atomic E-state index is 13.0. The summed E-state index contributed by atoms with van der Waals surface area (Å²) in [5, 5.41) is 3.36. The molecule has 0 saturated carbocycles. The molecular formula is C23H31N3O3S. The molecule has 6 nitrogen and oxygen atoms in total. The first kappa shape index (κ1) is 22.5. The summed E-state index contributed by atoms with van der Waals surface area (Å²) in [6.07, 6.45) is 0.882. The van der Waals surface area contributed by atoms with Gasteiger partial charge in [-0.1, -0.05) is 44.2 Å². The number of nitrogens with zero attached hydrogens (tertiary/aromatic N) is 2. The average Bonchev–Trinajstić information content (AvgIpc) is 3.18. The fourth-order valence-electron chi connectivity index (χ4n) is 3.98. The minimum atomic E-state index is -3.47. The monoisotopic (exact) mass is 429 g/mol. The van der Waals surface area contributed by atoms with Gasteiger partial charge in [-0.25, -0.2) is 8.42 Å². The average molecular weight is 430 g/mol. The van der Waals surface area contributed by atoms with Gasteiger partial charge < -0.3 is 4.90 Å². The predicted octanol–water partition coefficient (Wildman–Crippen LogP) is 3.35. The van der Waals surface area contributed by atoms with Crippen LogP contribution < -0.4 is 10.2 Å². The highest BCUT2D eigenvalue weighted by Gasteiger charge is 2.28. The first-order chi connectivity index (χ1) is 14.3. The van der Waals surface area contributed by atoms with E-state index in [1.807, 2.05) is 62.9 Å². The summed E-state index contributed by atoms with van der Waals surface area (Å²) in [6, 6.07) is 14.5. The van der Waals surface area contributed by atoms with Crippen molar-refractivity contribution in [3.05, 3.63) is 59.7 Å². The number of hydrogen-bond donors (Lipinski definition) is 1. The van der Waals surface area contributed by atoms with Crippen LogP contribution in [0.15, 0.2) is 53.4 Å². The normalized spacial score (nSPS) is 15.8. The Labute approximate surface area is 179 Å². The number of rotatable bonds is 8. The third-order valence-corrected chi connectivity index (χ3v) is 7.81. The molecule has 2 aromatic rings. The minimum absolute atomic E-state index is 0.0486. The Morgan fingerprint density at radius 1 is 1.07 bits per heavy atom. The van der Waals surface area contributed by atoms with Gasteiger partial charge in [0.1, 0.15) is 0 Å². The molecular weight excluding hydrogens is 398 g/mol. The van der Waals surface area contributed by atoms with Crippen molar-refractivity contribution >= 4 is 21.6 Å². The van der Waals surface area contributed by atoms with E-state index in [-0.39, 0.29) is 18.0 Å². The van der Waals surface area contributed by atoms with Gasteiger partial charge in [0.25, 0.3) is 0 Å².